The molecule has 0 atom stereocenters. The van der Waals surface area contributed by atoms with Gasteiger partial charge in [-0.2, -0.15) is 8.25 Å². The first-order valence-corrected chi connectivity index (χ1v) is 8.47. The van der Waals surface area contributed by atoms with Crippen LogP contribution in [0.3, 0.4) is 0 Å². The van der Waals surface area contributed by atoms with Gasteiger partial charge in [-0.05, 0) is 0 Å². The number of carbonyl (C=O) groups excluding carboxylic acids is 2. The molecule has 0 bridgehead atoms. The second-order valence-corrected chi connectivity index (χ2v) is 7.36. The van der Waals surface area contributed by atoms with Crippen LogP contribution in [0.1, 0.15) is 27.7 Å². The molecule has 4 nitrogen and oxygen atoms in total. The van der Waals surface area contributed by atoms with Crippen molar-refractivity contribution in [1.29, 1.82) is 0 Å². The van der Waals surface area contributed by atoms with Gasteiger partial charge in [-0.15, -0.1) is 0 Å². The first-order chi connectivity index (χ1) is 7.45. The Kier molecular flexibility index (Phi) is 10.1. The van der Waals surface area contributed by atoms with E-state index >= 15 is 0 Å². The third-order valence-electron chi connectivity index (χ3n) is 1.34. The summed E-state index contributed by atoms with van der Waals surface area (Å²) in [6, 6.07) is 0. The van der Waals surface area contributed by atoms with Crippen molar-refractivity contribution in [2.24, 2.45) is 11.8 Å². The van der Waals surface area contributed by atoms with Crippen LogP contribution in [0.25, 0.3) is 0 Å². The molecule has 2 N–H and O–H groups in total. The molecule has 0 heterocycles. The molecular weight excluding hydrogens is 284 g/mol. The fourth-order valence-electron chi connectivity index (χ4n) is 0.386. The van der Waals surface area contributed by atoms with Gasteiger partial charge in [0, 0.05) is 57.7 Å². The van der Waals surface area contributed by atoms with Crippen LogP contribution in [0, 0.1) is 11.8 Å². The molecule has 0 aliphatic rings. The van der Waals surface area contributed by atoms with Crippen LogP contribution in [0.4, 0.5) is 0 Å². The molecule has 0 aliphatic carbocycles. The van der Waals surface area contributed by atoms with Gasteiger partial charge in [-0.25, -0.2) is 0 Å². The smallest absolute Gasteiger partial charge is 0.207 e. The van der Waals surface area contributed by atoms with Crippen LogP contribution in [0.2, 0.25) is 0 Å². The van der Waals surface area contributed by atoms with Crippen LogP contribution in [0.15, 0.2) is 0 Å². The summed E-state index contributed by atoms with van der Waals surface area (Å²) in [7, 11) is 2.55. The molecule has 0 aliphatic heterocycles. The topological polar surface area (TPSA) is 58.2 Å². The molecule has 0 saturated heterocycles. The van der Waals surface area contributed by atoms with Gasteiger partial charge >= 0.3 is 0 Å². The van der Waals surface area contributed by atoms with Gasteiger partial charge in [0.1, 0.15) is 0 Å². The van der Waals surface area contributed by atoms with Gasteiger partial charge in [0.05, 0.1) is 0 Å². The molecular formula is C8H16N2O2S4. The van der Waals surface area contributed by atoms with Crippen LogP contribution in [0.5, 0.6) is 0 Å². The van der Waals surface area contributed by atoms with Gasteiger partial charge in [0.25, 0.3) is 0 Å². The third-order valence-corrected chi connectivity index (χ3v) is 5.45. The second kappa shape index (κ2) is 9.67. The molecule has 0 aromatic carbocycles. The molecule has 0 spiro atoms. The van der Waals surface area contributed by atoms with Crippen LogP contribution >= 0.6 is 45.9 Å². The largest absolute Gasteiger partial charge is 0.286 e. The summed E-state index contributed by atoms with van der Waals surface area (Å²) in [4.78, 5) is 22.3. The molecule has 8 heteroatoms. The predicted molar refractivity (Wildman–Crippen MR) is 76.3 cm³/mol. The number of carbonyl (C=O) groups is 2. The maximum atomic E-state index is 11.2. The van der Waals surface area contributed by atoms with Gasteiger partial charge in [-0.1, -0.05) is 27.7 Å². The van der Waals surface area contributed by atoms with Crippen LogP contribution < -0.4 is 8.25 Å². The SMILES string of the molecule is CC(C)C(=O)SNSSNSC(=O)C(C)C. The summed E-state index contributed by atoms with van der Waals surface area (Å²) in [5, 5.41) is 0.193. The summed E-state index contributed by atoms with van der Waals surface area (Å²) < 4.78 is 5.66. The lowest BCUT2D eigenvalue weighted by Crippen LogP contribution is -2.08. The summed E-state index contributed by atoms with van der Waals surface area (Å²) in [6.45, 7) is 7.41. The summed E-state index contributed by atoms with van der Waals surface area (Å²) in [6.07, 6.45) is 0. The molecule has 0 aromatic heterocycles. The maximum Gasteiger partial charge on any atom is 0.207 e. The lowest BCUT2D eigenvalue weighted by Gasteiger charge is -2.05. The molecule has 0 aromatic rings. The Hall–Kier alpha value is 0.660. The summed E-state index contributed by atoms with van der Waals surface area (Å²) in [5.74, 6) is 0.0425. The summed E-state index contributed by atoms with van der Waals surface area (Å²) >= 11 is 2.14. The molecule has 0 fully saturated rings. The molecule has 94 valence electrons. The Balaban J connectivity index is 3.35. The van der Waals surface area contributed by atoms with Crippen molar-refractivity contribution < 1.29 is 9.59 Å². The zero-order valence-corrected chi connectivity index (χ0v) is 12.9. The van der Waals surface area contributed by atoms with Gasteiger partial charge in [-0.3, -0.25) is 9.59 Å². The number of hydrogen-bond donors (Lipinski definition) is 2. The number of nitrogens with one attached hydrogen (secondary N) is 2. The Bertz CT molecular complexity index is 212. The molecule has 0 amide bonds. The highest BCUT2D eigenvalue weighted by Gasteiger charge is 2.09. The van der Waals surface area contributed by atoms with Crippen LogP contribution in [-0.4, -0.2) is 10.2 Å². The van der Waals surface area contributed by atoms with Crippen molar-refractivity contribution in [3.05, 3.63) is 0 Å². The zero-order chi connectivity index (χ0) is 12.6. The Morgan fingerprint density at radius 3 is 1.38 bits per heavy atom. The third kappa shape index (κ3) is 8.77. The fraction of sp³-hybridized carbons (Fsp3) is 0.750. The minimum absolute atomic E-state index is 0.0213. The molecule has 16 heavy (non-hydrogen) atoms. The number of hydrogen-bond acceptors (Lipinski definition) is 8. The van der Waals surface area contributed by atoms with E-state index in [4.69, 9.17) is 0 Å². The second-order valence-electron chi connectivity index (χ2n) is 3.48. The van der Waals surface area contributed by atoms with E-state index in [1.165, 1.54) is 22.0 Å². The fourth-order valence-corrected chi connectivity index (χ4v) is 3.28. The van der Waals surface area contributed by atoms with E-state index in [0.29, 0.717) is 0 Å². The van der Waals surface area contributed by atoms with Crippen molar-refractivity contribution >= 4 is 56.1 Å². The summed E-state index contributed by atoms with van der Waals surface area (Å²) in [5.41, 5.74) is 0. The zero-order valence-electron chi connectivity index (χ0n) is 9.60. The average molecular weight is 300 g/mol. The van der Waals surface area contributed by atoms with E-state index in [2.05, 4.69) is 8.25 Å². The molecule has 0 rings (SSSR count). The van der Waals surface area contributed by atoms with Crippen molar-refractivity contribution in [2.75, 3.05) is 0 Å². The van der Waals surface area contributed by atoms with Crippen molar-refractivity contribution in [3.8, 4) is 0 Å². The quantitative estimate of drug-likeness (QED) is 0.423. The van der Waals surface area contributed by atoms with Crippen molar-refractivity contribution in [1.82, 2.24) is 8.25 Å². The maximum absolute atomic E-state index is 11.2. The van der Waals surface area contributed by atoms with Gasteiger partial charge in [0.15, 0.2) is 0 Å². The van der Waals surface area contributed by atoms with E-state index in [-0.39, 0.29) is 22.1 Å². The molecule has 0 radical (unpaired) electrons. The highest BCUT2D eigenvalue weighted by molar-refractivity contribution is 8.77. The lowest BCUT2D eigenvalue weighted by molar-refractivity contribution is -0.114. The Labute approximate surface area is 113 Å². The van der Waals surface area contributed by atoms with Gasteiger partial charge in [0.2, 0.25) is 10.2 Å². The Morgan fingerprint density at radius 1 is 0.812 bits per heavy atom. The van der Waals surface area contributed by atoms with E-state index in [9.17, 15) is 9.59 Å². The normalized spacial score (nSPS) is 11.1. The first kappa shape index (κ1) is 16.7. The van der Waals surface area contributed by atoms with E-state index in [1.807, 2.05) is 27.7 Å². The van der Waals surface area contributed by atoms with Gasteiger partial charge < -0.3 is 0 Å². The highest BCUT2D eigenvalue weighted by Crippen LogP contribution is 2.22. The molecule has 0 unspecified atom stereocenters. The van der Waals surface area contributed by atoms with Crippen molar-refractivity contribution in [2.45, 2.75) is 27.7 Å². The van der Waals surface area contributed by atoms with E-state index in [0.717, 1.165) is 23.9 Å². The average Bonchev–Trinajstić information content (AvgIpc) is 2.21. The standard InChI is InChI=1S/C8H16N2O2S4/c1-5(2)7(11)13-9-15-16-10-14-8(12)6(3)4/h5-6,9-10H,1-4H3. The monoisotopic (exact) mass is 300 g/mol. The first-order valence-electron chi connectivity index (χ1n) is 4.69. The minimum atomic E-state index is 0.0213. The van der Waals surface area contributed by atoms with Crippen LogP contribution in [-0.2, 0) is 9.59 Å². The van der Waals surface area contributed by atoms with E-state index < -0.39 is 0 Å². The Morgan fingerprint density at radius 2 is 1.12 bits per heavy atom. The van der Waals surface area contributed by atoms with E-state index in [1.54, 1.807) is 0 Å². The number of rotatable bonds is 7. The molecule has 0 saturated carbocycles. The minimum Gasteiger partial charge on any atom is -0.286 e. The predicted octanol–water partition coefficient (Wildman–Crippen LogP) is 3.04. The van der Waals surface area contributed by atoms with Crippen molar-refractivity contribution in [3.63, 3.8) is 0 Å². The lowest BCUT2D eigenvalue weighted by atomic mass is 10.3. The highest BCUT2D eigenvalue weighted by atomic mass is 33.1.